The number of aliphatic imine (C=N–C) groups is 1. The second kappa shape index (κ2) is 2.33. The maximum atomic E-state index is 4.89. The van der Waals surface area contributed by atoms with Gasteiger partial charge in [-0.25, -0.2) is 0 Å². The first-order valence-corrected chi connectivity index (χ1v) is 3.14. The zero-order chi connectivity index (χ0) is 5.11. The van der Waals surface area contributed by atoms with Crippen molar-refractivity contribution in [2.75, 3.05) is 12.9 Å². The first kappa shape index (κ1) is 5.12. The van der Waals surface area contributed by atoms with Gasteiger partial charge in [-0.3, -0.25) is 4.99 Å². The highest BCUT2D eigenvalue weighted by atomic mass is 32.2. The summed E-state index contributed by atoms with van der Waals surface area (Å²) in [7, 11) is 1.67. The Balaban J connectivity index is 2.28. The molecule has 1 heterocycles. The maximum absolute atomic E-state index is 4.89. The first-order valence-electron chi connectivity index (χ1n) is 2.09. The summed E-state index contributed by atoms with van der Waals surface area (Å²) in [5.41, 5.74) is 1.83. The lowest BCUT2D eigenvalue weighted by molar-refractivity contribution is 0.132. The third kappa shape index (κ3) is 1.17. The highest BCUT2D eigenvalue weighted by Crippen LogP contribution is 2.10. The first-order chi connectivity index (χ1) is 3.43. The van der Waals surface area contributed by atoms with E-state index in [4.69, 9.17) is 4.74 Å². The average molecular weight is 117 g/mol. The number of hydrogen-bond acceptors (Lipinski definition) is 3. The van der Waals surface area contributed by atoms with Crippen molar-refractivity contribution in [3.8, 4) is 0 Å². The Labute approximate surface area is 47.0 Å². The minimum atomic E-state index is 0.130. The Hall–Kier alpha value is -0.0200. The van der Waals surface area contributed by atoms with Gasteiger partial charge in [-0.1, -0.05) is 0 Å². The largest absolute Gasteiger partial charge is 0.359 e. The fraction of sp³-hybridized carbons (Fsp3) is 0.750. The van der Waals surface area contributed by atoms with Crippen molar-refractivity contribution in [1.29, 1.82) is 0 Å². The van der Waals surface area contributed by atoms with E-state index in [1.807, 2.05) is 5.55 Å². The van der Waals surface area contributed by atoms with E-state index in [9.17, 15) is 0 Å². The molecule has 0 aromatic heterocycles. The summed E-state index contributed by atoms with van der Waals surface area (Å²) in [5.74, 6) is 0.983. The SMILES string of the molecule is COC1CSC=N1. The monoisotopic (exact) mass is 117 g/mol. The molecule has 7 heavy (non-hydrogen) atoms. The summed E-state index contributed by atoms with van der Waals surface area (Å²) in [6.45, 7) is 0. The van der Waals surface area contributed by atoms with Gasteiger partial charge >= 0.3 is 0 Å². The van der Waals surface area contributed by atoms with Crippen molar-refractivity contribution < 1.29 is 4.74 Å². The molecule has 40 valence electrons. The van der Waals surface area contributed by atoms with Crippen LogP contribution in [0.15, 0.2) is 4.99 Å². The quantitative estimate of drug-likeness (QED) is 0.505. The lowest BCUT2D eigenvalue weighted by Crippen LogP contribution is -2.04. The number of nitrogens with zero attached hydrogens (tertiary/aromatic N) is 1. The number of ether oxygens (including phenoxy) is 1. The predicted molar refractivity (Wildman–Crippen MR) is 31.7 cm³/mol. The molecule has 3 heteroatoms. The van der Waals surface area contributed by atoms with E-state index in [0.717, 1.165) is 5.75 Å². The zero-order valence-corrected chi connectivity index (χ0v) is 4.94. The normalized spacial score (nSPS) is 29.0. The van der Waals surface area contributed by atoms with Crippen LogP contribution in [0.2, 0.25) is 0 Å². The summed E-state index contributed by atoms with van der Waals surface area (Å²) < 4.78 is 4.89. The highest BCUT2D eigenvalue weighted by Gasteiger charge is 2.06. The van der Waals surface area contributed by atoms with Crippen LogP contribution in [0, 0.1) is 0 Å². The van der Waals surface area contributed by atoms with Crippen molar-refractivity contribution in [1.82, 2.24) is 0 Å². The van der Waals surface area contributed by atoms with Crippen LogP contribution in [-0.4, -0.2) is 24.6 Å². The van der Waals surface area contributed by atoms with Crippen LogP contribution < -0.4 is 0 Å². The van der Waals surface area contributed by atoms with E-state index in [1.54, 1.807) is 18.9 Å². The van der Waals surface area contributed by atoms with Gasteiger partial charge in [0, 0.05) is 12.9 Å². The number of hydrogen-bond donors (Lipinski definition) is 0. The molecule has 1 aliphatic rings. The summed E-state index contributed by atoms with van der Waals surface area (Å²) >= 11 is 1.69. The Morgan fingerprint density at radius 3 is 3.14 bits per heavy atom. The predicted octanol–water partition coefficient (Wildman–Crippen LogP) is 0.734. The smallest absolute Gasteiger partial charge is 0.157 e. The molecule has 1 rings (SSSR count). The molecule has 0 spiro atoms. The molecule has 0 aromatic carbocycles. The molecule has 1 atom stereocenters. The Kier molecular flexibility index (Phi) is 1.70. The van der Waals surface area contributed by atoms with Gasteiger partial charge in [0.25, 0.3) is 0 Å². The summed E-state index contributed by atoms with van der Waals surface area (Å²) in [5, 5.41) is 0. The summed E-state index contributed by atoms with van der Waals surface area (Å²) in [6, 6.07) is 0. The van der Waals surface area contributed by atoms with Crippen LogP contribution in [0.5, 0.6) is 0 Å². The molecule has 0 fully saturated rings. The van der Waals surface area contributed by atoms with E-state index in [2.05, 4.69) is 4.99 Å². The molecule has 0 bridgehead atoms. The molecular formula is C4H7NOS. The van der Waals surface area contributed by atoms with Gasteiger partial charge < -0.3 is 4.74 Å². The van der Waals surface area contributed by atoms with E-state index < -0.39 is 0 Å². The molecule has 0 saturated heterocycles. The Bertz CT molecular complexity index is 83.8. The average Bonchev–Trinajstić information content (AvgIpc) is 2.14. The van der Waals surface area contributed by atoms with Gasteiger partial charge in [0.15, 0.2) is 6.23 Å². The van der Waals surface area contributed by atoms with Crippen LogP contribution in [-0.2, 0) is 4.74 Å². The van der Waals surface area contributed by atoms with E-state index in [1.165, 1.54) is 0 Å². The van der Waals surface area contributed by atoms with Crippen molar-refractivity contribution in [3.05, 3.63) is 0 Å². The van der Waals surface area contributed by atoms with Crippen molar-refractivity contribution >= 4 is 17.3 Å². The highest BCUT2D eigenvalue weighted by molar-refractivity contribution is 8.12. The zero-order valence-electron chi connectivity index (χ0n) is 4.13. The van der Waals surface area contributed by atoms with Crippen molar-refractivity contribution in [3.63, 3.8) is 0 Å². The molecule has 0 N–H and O–H groups in total. The molecule has 0 amide bonds. The number of rotatable bonds is 1. The van der Waals surface area contributed by atoms with Crippen molar-refractivity contribution in [2.45, 2.75) is 6.23 Å². The molecule has 0 aliphatic carbocycles. The van der Waals surface area contributed by atoms with Crippen LogP contribution in [0.3, 0.4) is 0 Å². The molecule has 1 unspecified atom stereocenters. The third-order valence-corrected chi connectivity index (χ3v) is 1.56. The standard InChI is InChI=1S/C4H7NOS/c1-6-4-2-7-3-5-4/h3-4H,2H2,1H3. The molecule has 2 nitrogen and oxygen atoms in total. The second-order valence-corrected chi connectivity index (χ2v) is 2.16. The fourth-order valence-corrected chi connectivity index (χ4v) is 1.10. The lowest BCUT2D eigenvalue weighted by Gasteiger charge is -1.98. The van der Waals surface area contributed by atoms with Crippen LogP contribution in [0.4, 0.5) is 0 Å². The molecular weight excluding hydrogens is 110 g/mol. The summed E-state index contributed by atoms with van der Waals surface area (Å²) in [4.78, 5) is 3.97. The molecule has 0 aromatic rings. The van der Waals surface area contributed by atoms with Crippen LogP contribution >= 0.6 is 11.8 Å². The van der Waals surface area contributed by atoms with Crippen LogP contribution in [0.25, 0.3) is 0 Å². The lowest BCUT2D eigenvalue weighted by atomic mass is 10.7. The Morgan fingerprint density at radius 1 is 2.00 bits per heavy atom. The number of methoxy groups -OCH3 is 1. The van der Waals surface area contributed by atoms with E-state index in [0.29, 0.717) is 0 Å². The van der Waals surface area contributed by atoms with Gasteiger partial charge in [-0.15, -0.1) is 11.8 Å². The van der Waals surface area contributed by atoms with Gasteiger partial charge in [0.2, 0.25) is 0 Å². The maximum Gasteiger partial charge on any atom is 0.157 e. The summed E-state index contributed by atoms with van der Waals surface area (Å²) in [6.07, 6.45) is 0.130. The molecule has 1 aliphatic heterocycles. The second-order valence-electron chi connectivity index (χ2n) is 1.28. The van der Waals surface area contributed by atoms with E-state index >= 15 is 0 Å². The topological polar surface area (TPSA) is 21.6 Å². The minimum absolute atomic E-state index is 0.130. The molecule has 0 saturated carbocycles. The third-order valence-electron chi connectivity index (χ3n) is 0.813. The van der Waals surface area contributed by atoms with Gasteiger partial charge in [-0.2, -0.15) is 0 Å². The van der Waals surface area contributed by atoms with E-state index in [-0.39, 0.29) is 6.23 Å². The van der Waals surface area contributed by atoms with Gasteiger partial charge in [0.1, 0.15) is 0 Å². The van der Waals surface area contributed by atoms with Crippen molar-refractivity contribution in [2.24, 2.45) is 4.99 Å². The molecule has 0 radical (unpaired) electrons. The van der Waals surface area contributed by atoms with Gasteiger partial charge in [-0.05, 0) is 0 Å². The van der Waals surface area contributed by atoms with Gasteiger partial charge in [0.05, 0.1) is 5.55 Å². The van der Waals surface area contributed by atoms with Crippen LogP contribution in [0.1, 0.15) is 0 Å². The Morgan fingerprint density at radius 2 is 2.86 bits per heavy atom. The number of thioether (sulfide) groups is 1. The minimum Gasteiger partial charge on any atom is -0.359 e. The fourth-order valence-electron chi connectivity index (χ4n) is 0.408.